The lowest BCUT2D eigenvalue weighted by Gasteiger charge is -2.54. The Balaban J connectivity index is 1.63. The summed E-state index contributed by atoms with van der Waals surface area (Å²) in [6.45, 7) is 0.626. The van der Waals surface area contributed by atoms with E-state index in [1.54, 1.807) is 0 Å². The van der Waals surface area contributed by atoms with Gasteiger partial charge in [0.1, 0.15) is 6.10 Å². The van der Waals surface area contributed by atoms with Crippen molar-refractivity contribution in [1.29, 1.82) is 0 Å². The second-order valence-corrected chi connectivity index (χ2v) is 7.38. The molecule has 1 atom stereocenters. The fraction of sp³-hybridized carbons (Fsp3) is 0.765. The van der Waals surface area contributed by atoms with Crippen molar-refractivity contribution in [2.45, 2.75) is 44.1 Å². The topological polar surface area (TPSA) is 48.0 Å². The first kappa shape index (κ1) is 12.9. The van der Waals surface area contributed by atoms with E-state index in [1.807, 2.05) is 13.2 Å². The lowest BCUT2D eigenvalue weighted by Crippen LogP contribution is -2.44. The second-order valence-electron chi connectivity index (χ2n) is 7.38. The van der Waals surface area contributed by atoms with Crippen molar-refractivity contribution in [2.24, 2.45) is 23.7 Å². The highest BCUT2D eigenvalue weighted by Crippen LogP contribution is 2.60. The molecule has 3 nitrogen and oxygen atoms in total. The molecule has 4 saturated carbocycles. The smallest absolute Gasteiger partial charge is 0.106 e. The van der Waals surface area contributed by atoms with Crippen LogP contribution >= 0.6 is 0 Å². The van der Waals surface area contributed by atoms with E-state index in [2.05, 4.69) is 16.4 Å². The number of H-pyrrole nitrogens is 1. The molecule has 3 heteroatoms. The van der Waals surface area contributed by atoms with Crippen LogP contribution in [-0.4, -0.2) is 23.7 Å². The Bertz CT molecular complexity index is 453. The molecule has 1 unspecified atom stereocenters. The van der Waals surface area contributed by atoms with Crippen LogP contribution < -0.4 is 5.32 Å². The zero-order valence-corrected chi connectivity index (χ0v) is 12.3. The lowest BCUT2D eigenvalue weighted by molar-refractivity contribution is -0.00373. The highest BCUT2D eigenvalue weighted by atomic mass is 16.3. The van der Waals surface area contributed by atoms with Gasteiger partial charge < -0.3 is 15.4 Å². The average molecular weight is 274 g/mol. The lowest BCUT2D eigenvalue weighted by atomic mass is 9.50. The summed E-state index contributed by atoms with van der Waals surface area (Å²) >= 11 is 0. The number of aliphatic hydroxyl groups is 1. The Hall–Kier alpha value is -0.800. The summed E-state index contributed by atoms with van der Waals surface area (Å²) in [4.78, 5) is 3.31. The van der Waals surface area contributed by atoms with Crippen LogP contribution in [0.4, 0.5) is 0 Å². The summed E-state index contributed by atoms with van der Waals surface area (Å²) in [5, 5.41) is 13.4. The number of hydrogen-bond acceptors (Lipinski definition) is 2. The van der Waals surface area contributed by atoms with Gasteiger partial charge in [0.05, 0.1) is 0 Å². The third-order valence-electron chi connectivity index (χ3n) is 6.13. The first-order valence-electron chi connectivity index (χ1n) is 8.26. The minimum Gasteiger partial charge on any atom is -0.386 e. The highest BCUT2D eigenvalue weighted by molar-refractivity contribution is 5.30. The van der Waals surface area contributed by atoms with Gasteiger partial charge in [-0.25, -0.2) is 0 Å². The second kappa shape index (κ2) is 4.88. The van der Waals surface area contributed by atoms with E-state index < -0.39 is 6.10 Å². The van der Waals surface area contributed by atoms with Crippen LogP contribution in [0.1, 0.15) is 55.4 Å². The molecule has 0 amide bonds. The van der Waals surface area contributed by atoms with E-state index in [9.17, 15) is 5.11 Å². The minimum atomic E-state index is -0.401. The fourth-order valence-electron chi connectivity index (χ4n) is 5.70. The first-order valence-corrected chi connectivity index (χ1v) is 8.26. The van der Waals surface area contributed by atoms with E-state index in [-0.39, 0.29) is 0 Å². The molecule has 3 N–H and O–H groups in total. The van der Waals surface area contributed by atoms with Crippen LogP contribution in [0.25, 0.3) is 0 Å². The predicted octanol–water partition coefficient (Wildman–Crippen LogP) is 2.81. The van der Waals surface area contributed by atoms with E-state index in [1.165, 1.54) is 37.7 Å². The molecule has 0 spiro atoms. The van der Waals surface area contributed by atoms with Gasteiger partial charge in [0.2, 0.25) is 0 Å². The van der Waals surface area contributed by atoms with Crippen LogP contribution in [-0.2, 0) is 0 Å². The molecule has 1 heterocycles. The van der Waals surface area contributed by atoms with E-state index in [0.29, 0.717) is 12.5 Å². The molecular weight excluding hydrogens is 248 g/mol. The Morgan fingerprint density at radius 3 is 2.45 bits per heavy atom. The predicted molar refractivity (Wildman–Crippen MR) is 79.5 cm³/mol. The van der Waals surface area contributed by atoms with Crippen molar-refractivity contribution < 1.29 is 5.11 Å². The molecule has 0 radical (unpaired) electrons. The molecule has 4 bridgehead atoms. The molecule has 0 aromatic carbocycles. The standard InChI is InChI=1S/C17H26N2O/c1-18-9-15(20)17-14(2-3-19-17)16-12-5-10-4-11(7-12)8-13(16)6-10/h2-3,10-13,15-16,18-20H,4-9H2,1H3. The molecule has 5 rings (SSSR count). The fourth-order valence-corrected chi connectivity index (χ4v) is 5.70. The maximum Gasteiger partial charge on any atom is 0.106 e. The molecular formula is C17H26N2O. The SMILES string of the molecule is CNCC(O)c1[nH]ccc1C1C2CC3CC(C2)CC1C3. The molecule has 1 aromatic heterocycles. The first-order chi connectivity index (χ1) is 9.76. The van der Waals surface area contributed by atoms with Gasteiger partial charge >= 0.3 is 0 Å². The monoisotopic (exact) mass is 274 g/mol. The van der Waals surface area contributed by atoms with Crippen molar-refractivity contribution in [2.75, 3.05) is 13.6 Å². The number of hydrogen-bond donors (Lipinski definition) is 3. The number of aromatic nitrogens is 1. The largest absolute Gasteiger partial charge is 0.386 e. The van der Waals surface area contributed by atoms with E-state index in [4.69, 9.17) is 0 Å². The van der Waals surface area contributed by atoms with Gasteiger partial charge in [-0.05, 0) is 80.4 Å². The van der Waals surface area contributed by atoms with Gasteiger partial charge in [0.25, 0.3) is 0 Å². The summed E-state index contributed by atoms with van der Waals surface area (Å²) in [5.74, 6) is 4.48. The summed E-state index contributed by atoms with van der Waals surface area (Å²) in [5.41, 5.74) is 2.48. The van der Waals surface area contributed by atoms with Gasteiger partial charge in [0.15, 0.2) is 0 Å². The van der Waals surface area contributed by atoms with Gasteiger partial charge in [0, 0.05) is 18.4 Å². The third-order valence-corrected chi connectivity index (χ3v) is 6.13. The molecule has 0 aliphatic heterocycles. The highest BCUT2D eigenvalue weighted by Gasteiger charge is 2.49. The van der Waals surface area contributed by atoms with E-state index >= 15 is 0 Å². The molecule has 4 aliphatic carbocycles. The van der Waals surface area contributed by atoms with Crippen LogP contribution in [0.5, 0.6) is 0 Å². The zero-order valence-electron chi connectivity index (χ0n) is 12.3. The van der Waals surface area contributed by atoms with Crippen molar-refractivity contribution in [3.05, 3.63) is 23.5 Å². The summed E-state index contributed by atoms with van der Waals surface area (Å²) in [6.07, 6.45) is 8.86. The van der Waals surface area contributed by atoms with Crippen molar-refractivity contribution >= 4 is 0 Å². The number of nitrogens with one attached hydrogen (secondary N) is 2. The van der Waals surface area contributed by atoms with Crippen molar-refractivity contribution in [1.82, 2.24) is 10.3 Å². The maximum absolute atomic E-state index is 10.4. The van der Waals surface area contributed by atoms with Crippen LogP contribution in [0, 0.1) is 23.7 Å². The van der Waals surface area contributed by atoms with Crippen LogP contribution in [0.3, 0.4) is 0 Å². The molecule has 4 aliphatic rings. The zero-order chi connectivity index (χ0) is 13.7. The van der Waals surface area contributed by atoms with Crippen LogP contribution in [0.15, 0.2) is 12.3 Å². The Morgan fingerprint density at radius 1 is 1.20 bits per heavy atom. The summed E-state index contributed by atoms with van der Waals surface area (Å²) in [7, 11) is 1.90. The number of likely N-dealkylation sites (N-methyl/N-ethyl adjacent to an activating group) is 1. The Kier molecular flexibility index (Phi) is 3.15. The van der Waals surface area contributed by atoms with Gasteiger partial charge in [-0.1, -0.05) is 0 Å². The van der Waals surface area contributed by atoms with Crippen molar-refractivity contribution in [3.8, 4) is 0 Å². The quantitative estimate of drug-likeness (QED) is 0.790. The van der Waals surface area contributed by atoms with E-state index in [0.717, 1.165) is 29.4 Å². The molecule has 4 fully saturated rings. The van der Waals surface area contributed by atoms with Gasteiger partial charge in [-0.3, -0.25) is 0 Å². The Labute approximate surface area is 121 Å². The number of aliphatic hydroxyl groups excluding tert-OH is 1. The Morgan fingerprint density at radius 2 is 1.85 bits per heavy atom. The maximum atomic E-state index is 10.4. The number of aromatic amines is 1. The van der Waals surface area contributed by atoms with Crippen LogP contribution in [0.2, 0.25) is 0 Å². The van der Waals surface area contributed by atoms with Gasteiger partial charge in [-0.2, -0.15) is 0 Å². The van der Waals surface area contributed by atoms with Gasteiger partial charge in [-0.15, -0.1) is 0 Å². The van der Waals surface area contributed by atoms with Crippen molar-refractivity contribution in [3.63, 3.8) is 0 Å². The number of rotatable bonds is 4. The molecule has 20 heavy (non-hydrogen) atoms. The summed E-state index contributed by atoms with van der Waals surface area (Å²) < 4.78 is 0. The molecule has 0 saturated heterocycles. The third kappa shape index (κ3) is 1.94. The normalized spacial score (nSPS) is 40.2. The molecule has 1 aromatic rings. The minimum absolute atomic E-state index is 0.401. The average Bonchev–Trinajstić information content (AvgIpc) is 2.87. The summed E-state index contributed by atoms with van der Waals surface area (Å²) in [6, 6.07) is 2.24. The molecule has 110 valence electrons.